The quantitative estimate of drug-likeness (QED) is 0.766. The van der Waals surface area contributed by atoms with Crippen LogP contribution in [0.2, 0.25) is 5.02 Å². The predicted molar refractivity (Wildman–Crippen MR) is 69.6 cm³/mol. The largest absolute Gasteiger partial charge is 0.506 e. The third kappa shape index (κ3) is 4.65. The molecule has 1 aromatic carbocycles. The molecule has 0 unspecified atom stereocenters. The Bertz CT molecular complexity index is 380. The number of nitrogens with one attached hydrogen (secondary N) is 1. The molecule has 1 aromatic rings. The van der Waals surface area contributed by atoms with Gasteiger partial charge in [-0.1, -0.05) is 37.8 Å². The molecule has 0 heterocycles. The number of phenols is 1. The second-order valence-corrected chi connectivity index (χ2v) is 4.39. The van der Waals surface area contributed by atoms with E-state index >= 15 is 0 Å². The first-order valence-electron chi connectivity index (χ1n) is 5.92. The average Bonchev–Trinajstić information content (AvgIpc) is 2.32. The van der Waals surface area contributed by atoms with Gasteiger partial charge in [0.1, 0.15) is 5.75 Å². The Kier molecular flexibility index (Phi) is 5.84. The summed E-state index contributed by atoms with van der Waals surface area (Å²) in [6.45, 7) is 2.83. The van der Waals surface area contributed by atoms with Gasteiger partial charge in [-0.3, -0.25) is 4.79 Å². The summed E-state index contributed by atoms with van der Waals surface area (Å²) in [4.78, 5) is 11.7. The Hall–Kier alpha value is -1.22. The van der Waals surface area contributed by atoms with Gasteiger partial charge in [0, 0.05) is 12.1 Å². The summed E-state index contributed by atoms with van der Waals surface area (Å²) in [5, 5.41) is 12.3. The molecule has 4 heteroatoms. The van der Waals surface area contributed by atoms with Crippen LogP contribution in [0.1, 0.15) is 43.0 Å². The molecule has 17 heavy (non-hydrogen) atoms. The number of benzene rings is 1. The van der Waals surface area contributed by atoms with Crippen molar-refractivity contribution in [2.24, 2.45) is 0 Å². The van der Waals surface area contributed by atoms with Crippen LogP contribution in [0, 0.1) is 0 Å². The highest BCUT2D eigenvalue weighted by Gasteiger charge is 2.07. The first-order chi connectivity index (χ1) is 8.15. The number of hydrogen-bond acceptors (Lipinski definition) is 2. The first kappa shape index (κ1) is 13.8. The topological polar surface area (TPSA) is 49.3 Å². The zero-order chi connectivity index (χ0) is 12.7. The van der Waals surface area contributed by atoms with Crippen LogP contribution in [0.5, 0.6) is 5.75 Å². The van der Waals surface area contributed by atoms with Crippen LogP contribution in [-0.2, 0) is 0 Å². The van der Waals surface area contributed by atoms with Crippen LogP contribution in [0.4, 0.5) is 0 Å². The van der Waals surface area contributed by atoms with Gasteiger partial charge in [-0.2, -0.15) is 0 Å². The second kappa shape index (κ2) is 7.17. The standard InChI is InChI=1S/C13H18ClNO2/c1-2-3-4-5-8-15-13(17)10-6-7-12(16)11(14)9-10/h6-7,9,16H,2-5,8H2,1H3,(H,15,17). The molecule has 1 amide bonds. The molecule has 0 aliphatic rings. The summed E-state index contributed by atoms with van der Waals surface area (Å²) in [6.07, 6.45) is 4.50. The molecular formula is C13H18ClNO2. The van der Waals surface area contributed by atoms with Gasteiger partial charge in [0.25, 0.3) is 5.91 Å². The van der Waals surface area contributed by atoms with E-state index in [1.165, 1.54) is 25.0 Å². The van der Waals surface area contributed by atoms with Crippen LogP contribution < -0.4 is 5.32 Å². The number of rotatable bonds is 6. The fourth-order valence-corrected chi connectivity index (χ4v) is 1.68. The maximum atomic E-state index is 11.7. The van der Waals surface area contributed by atoms with Crippen molar-refractivity contribution in [1.82, 2.24) is 5.32 Å². The first-order valence-corrected chi connectivity index (χ1v) is 6.29. The maximum absolute atomic E-state index is 11.7. The van der Waals surface area contributed by atoms with Gasteiger partial charge in [0.05, 0.1) is 5.02 Å². The third-order valence-electron chi connectivity index (χ3n) is 2.53. The van der Waals surface area contributed by atoms with Crippen molar-refractivity contribution < 1.29 is 9.90 Å². The minimum absolute atomic E-state index is 0.00818. The van der Waals surface area contributed by atoms with Crippen LogP contribution in [0.15, 0.2) is 18.2 Å². The summed E-state index contributed by atoms with van der Waals surface area (Å²) < 4.78 is 0. The molecule has 0 aliphatic heterocycles. The highest BCUT2D eigenvalue weighted by molar-refractivity contribution is 6.32. The zero-order valence-electron chi connectivity index (χ0n) is 10.0. The van der Waals surface area contributed by atoms with Gasteiger partial charge in [-0.25, -0.2) is 0 Å². The number of aromatic hydroxyl groups is 1. The molecule has 0 saturated carbocycles. The Morgan fingerprint density at radius 3 is 2.76 bits per heavy atom. The van der Waals surface area contributed by atoms with E-state index in [4.69, 9.17) is 11.6 Å². The molecule has 0 atom stereocenters. The van der Waals surface area contributed by atoms with Crippen molar-refractivity contribution in [3.05, 3.63) is 28.8 Å². The number of halogens is 1. The van der Waals surface area contributed by atoms with E-state index in [0.717, 1.165) is 12.8 Å². The Balaban J connectivity index is 2.39. The molecule has 3 nitrogen and oxygen atoms in total. The van der Waals surface area contributed by atoms with Gasteiger partial charge >= 0.3 is 0 Å². The number of unbranched alkanes of at least 4 members (excludes halogenated alkanes) is 3. The number of phenolic OH excluding ortho intramolecular Hbond substituents is 1. The van der Waals surface area contributed by atoms with E-state index in [0.29, 0.717) is 12.1 Å². The van der Waals surface area contributed by atoms with Gasteiger partial charge < -0.3 is 10.4 Å². The highest BCUT2D eigenvalue weighted by Crippen LogP contribution is 2.23. The Morgan fingerprint density at radius 1 is 1.35 bits per heavy atom. The van der Waals surface area contributed by atoms with Gasteiger partial charge in [-0.15, -0.1) is 0 Å². The summed E-state index contributed by atoms with van der Waals surface area (Å²) in [6, 6.07) is 4.45. The van der Waals surface area contributed by atoms with E-state index < -0.39 is 0 Å². The van der Waals surface area contributed by atoms with E-state index in [9.17, 15) is 9.90 Å². The number of amides is 1. The summed E-state index contributed by atoms with van der Waals surface area (Å²) in [5.74, 6) is -0.158. The second-order valence-electron chi connectivity index (χ2n) is 3.98. The number of carbonyl (C=O) groups excluding carboxylic acids is 1. The summed E-state index contributed by atoms with van der Waals surface area (Å²) in [5.41, 5.74) is 0.475. The van der Waals surface area contributed by atoms with Gasteiger partial charge in [-0.05, 0) is 24.6 Å². The lowest BCUT2D eigenvalue weighted by Crippen LogP contribution is -2.24. The van der Waals surface area contributed by atoms with Crippen molar-refractivity contribution in [2.45, 2.75) is 32.6 Å². The van der Waals surface area contributed by atoms with Crippen molar-refractivity contribution in [3.63, 3.8) is 0 Å². The fourth-order valence-electron chi connectivity index (χ4n) is 1.50. The van der Waals surface area contributed by atoms with Crippen molar-refractivity contribution in [3.8, 4) is 5.75 Å². The molecular weight excluding hydrogens is 238 g/mol. The molecule has 0 aliphatic carbocycles. The summed E-state index contributed by atoms with van der Waals surface area (Å²) >= 11 is 5.73. The van der Waals surface area contributed by atoms with Crippen molar-refractivity contribution >= 4 is 17.5 Å². The minimum atomic E-state index is -0.150. The predicted octanol–water partition coefficient (Wildman–Crippen LogP) is 3.36. The van der Waals surface area contributed by atoms with Gasteiger partial charge in [0.2, 0.25) is 0 Å². The van der Waals surface area contributed by atoms with Crippen LogP contribution in [0.3, 0.4) is 0 Å². The third-order valence-corrected chi connectivity index (χ3v) is 2.83. The van der Waals surface area contributed by atoms with Crippen molar-refractivity contribution in [2.75, 3.05) is 6.54 Å². The molecule has 2 N–H and O–H groups in total. The zero-order valence-corrected chi connectivity index (χ0v) is 10.8. The molecule has 0 spiro atoms. The minimum Gasteiger partial charge on any atom is -0.506 e. The lowest BCUT2D eigenvalue weighted by atomic mass is 10.2. The van der Waals surface area contributed by atoms with E-state index in [2.05, 4.69) is 12.2 Å². The summed E-state index contributed by atoms with van der Waals surface area (Å²) in [7, 11) is 0. The fraction of sp³-hybridized carbons (Fsp3) is 0.462. The molecule has 0 fully saturated rings. The molecule has 0 saturated heterocycles. The van der Waals surface area contributed by atoms with Gasteiger partial charge in [0.15, 0.2) is 0 Å². The Labute approximate surface area is 107 Å². The molecule has 0 radical (unpaired) electrons. The van der Waals surface area contributed by atoms with E-state index in [1.807, 2.05) is 0 Å². The normalized spacial score (nSPS) is 10.2. The monoisotopic (exact) mass is 255 g/mol. The molecule has 94 valence electrons. The molecule has 0 bridgehead atoms. The highest BCUT2D eigenvalue weighted by atomic mass is 35.5. The number of hydrogen-bond donors (Lipinski definition) is 2. The van der Waals surface area contributed by atoms with E-state index in [-0.39, 0.29) is 16.7 Å². The van der Waals surface area contributed by atoms with E-state index in [1.54, 1.807) is 6.07 Å². The lowest BCUT2D eigenvalue weighted by Gasteiger charge is -2.05. The maximum Gasteiger partial charge on any atom is 0.251 e. The SMILES string of the molecule is CCCCCCNC(=O)c1ccc(O)c(Cl)c1. The molecule has 1 rings (SSSR count). The average molecular weight is 256 g/mol. The number of carbonyl (C=O) groups is 1. The smallest absolute Gasteiger partial charge is 0.251 e. The molecule has 0 aromatic heterocycles. The van der Waals surface area contributed by atoms with Crippen molar-refractivity contribution in [1.29, 1.82) is 0 Å². The van der Waals surface area contributed by atoms with Crippen LogP contribution in [0.25, 0.3) is 0 Å². The van der Waals surface area contributed by atoms with Crippen LogP contribution in [-0.4, -0.2) is 17.6 Å². The van der Waals surface area contributed by atoms with Crippen LogP contribution >= 0.6 is 11.6 Å². The lowest BCUT2D eigenvalue weighted by molar-refractivity contribution is 0.0953. The Morgan fingerprint density at radius 2 is 2.12 bits per heavy atom.